The Morgan fingerprint density at radius 3 is 2.10 bits per heavy atom. The zero-order valence-electron chi connectivity index (χ0n) is 15.2. The number of nitrogens with one attached hydrogen (secondary N) is 1. The average molecular weight is 401 g/mol. The lowest BCUT2D eigenvalue weighted by Gasteiger charge is -2.06. The lowest BCUT2D eigenvalue weighted by Crippen LogP contribution is -2.04. The minimum Gasteiger partial charge on any atom is -0.508 e. The Balaban J connectivity index is 0.000000234. The van der Waals surface area contributed by atoms with Crippen molar-refractivity contribution in [3.05, 3.63) is 77.9 Å². The molecule has 4 N–H and O–H groups in total. The number of carbonyl (C=O) groups is 2. The van der Waals surface area contributed by atoms with Gasteiger partial charge in [0.05, 0.1) is 0 Å². The molecule has 29 heavy (non-hydrogen) atoms. The lowest BCUT2D eigenvalue weighted by atomic mass is 10.0. The van der Waals surface area contributed by atoms with Gasteiger partial charge in [0.25, 0.3) is 0 Å². The molecule has 3 rings (SSSR count). The number of carboxylic acids is 1. The van der Waals surface area contributed by atoms with Crippen LogP contribution < -0.4 is 5.32 Å². The molecular weight excluding hydrogens is 384 g/mol. The summed E-state index contributed by atoms with van der Waals surface area (Å²) >= 11 is 0. The number of hydrogen-bond donors (Lipinski definition) is 4. The van der Waals surface area contributed by atoms with Gasteiger partial charge in [0.15, 0.2) is 0 Å². The molecule has 8 heteroatoms. The van der Waals surface area contributed by atoms with Crippen LogP contribution in [0.2, 0.25) is 0 Å². The summed E-state index contributed by atoms with van der Waals surface area (Å²) in [5.41, 5.74) is 0.674. The van der Waals surface area contributed by atoms with E-state index >= 15 is 0 Å². The molecule has 1 amide bonds. The van der Waals surface area contributed by atoms with Gasteiger partial charge in [0.1, 0.15) is 28.7 Å². The van der Waals surface area contributed by atoms with Crippen molar-refractivity contribution in [1.82, 2.24) is 0 Å². The molecule has 0 saturated heterocycles. The summed E-state index contributed by atoms with van der Waals surface area (Å²) in [5, 5.41) is 29.6. The predicted molar refractivity (Wildman–Crippen MR) is 103 cm³/mol. The Morgan fingerprint density at radius 1 is 0.897 bits per heavy atom. The van der Waals surface area contributed by atoms with E-state index in [0.717, 1.165) is 18.2 Å². The first-order valence-electron chi connectivity index (χ1n) is 8.25. The number of aromatic hydroxyl groups is 2. The minimum atomic E-state index is -1.32. The van der Waals surface area contributed by atoms with Gasteiger partial charge in [-0.25, -0.2) is 13.6 Å². The summed E-state index contributed by atoms with van der Waals surface area (Å²) in [6, 6.07) is 13.0. The Morgan fingerprint density at radius 2 is 1.55 bits per heavy atom. The number of amides is 1. The third-order valence-electron chi connectivity index (χ3n) is 3.66. The molecular formula is C21H17F2NO5. The summed E-state index contributed by atoms with van der Waals surface area (Å²) in [7, 11) is 0. The number of hydrogen-bond acceptors (Lipinski definition) is 4. The van der Waals surface area contributed by atoms with Crippen LogP contribution in [0.15, 0.2) is 60.7 Å². The third-order valence-corrected chi connectivity index (χ3v) is 3.66. The van der Waals surface area contributed by atoms with Crippen LogP contribution in [0.5, 0.6) is 11.5 Å². The monoisotopic (exact) mass is 401 g/mol. The van der Waals surface area contributed by atoms with Gasteiger partial charge in [-0.05, 0) is 54.1 Å². The van der Waals surface area contributed by atoms with Crippen LogP contribution in [0, 0.1) is 11.6 Å². The summed E-state index contributed by atoms with van der Waals surface area (Å²) in [5.74, 6) is -3.16. The molecule has 0 unspecified atom stereocenters. The van der Waals surface area contributed by atoms with E-state index in [-0.39, 0.29) is 28.3 Å². The fourth-order valence-corrected chi connectivity index (χ4v) is 2.35. The average Bonchev–Trinajstić information content (AvgIpc) is 2.64. The summed E-state index contributed by atoms with van der Waals surface area (Å²) < 4.78 is 26.3. The van der Waals surface area contributed by atoms with Gasteiger partial charge in [-0.3, -0.25) is 4.79 Å². The highest BCUT2D eigenvalue weighted by Crippen LogP contribution is 2.28. The molecule has 0 radical (unpaired) electrons. The quantitative estimate of drug-likeness (QED) is 0.487. The topological polar surface area (TPSA) is 107 Å². The first-order chi connectivity index (χ1) is 13.7. The molecule has 0 bridgehead atoms. The van der Waals surface area contributed by atoms with E-state index in [1.54, 1.807) is 12.1 Å². The van der Waals surface area contributed by atoms with Crippen LogP contribution in [0.1, 0.15) is 17.3 Å². The molecule has 0 heterocycles. The summed E-state index contributed by atoms with van der Waals surface area (Å²) in [4.78, 5) is 21.4. The van der Waals surface area contributed by atoms with E-state index in [1.165, 1.54) is 31.2 Å². The second-order valence-electron chi connectivity index (χ2n) is 5.89. The van der Waals surface area contributed by atoms with E-state index < -0.39 is 23.4 Å². The first-order valence-corrected chi connectivity index (χ1v) is 8.25. The van der Waals surface area contributed by atoms with Crippen LogP contribution in [0.4, 0.5) is 14.5 Å². The number of anilines is 1. The number of aromatic carboxylic acids is 1. The second kappa shape index (κ2) is 9.32. The highest BCUT2D eigenvalue weighted by atomic mass is 19.1. The van der Waals surface area contributed by atoms with Gasteiger partial charge in [0, 0.05) is 24.2 Å². The van der Waals surface area contributed by atoms with Gasteiger partial charge in [0.2, 0.25) is 5.91 Å². The number of carbonyl (C=O) groups excluding carboxylic acids is 1. The van der Waals surface area contributed by atoms with E-state index in [4.69, 9.17) is 10.2 Å². The normalized spacial score (nSPS) is 9.90. The molecule has 0 saturated carbocycles. The van der Waals surface area contributed by atoms with Crippen LogP contribution in [-0.2, 0) is 4.79 Å². The number of halogens is 2. The smallest absolute Gasteiger partial charge is 0.339 e. The van der Waals surface area contributed by atoms with Crippen molar-refractivity contribution < 1.29 is 33.7 Å². The Kier molecular flexibility index (Phi) is 6.86. The molecule has 3 aromatic carbocycles. The standard InChI is InChI=1S/C13H8F2O3.C8H9NO2/c14-8-2-3-9(11(15)6-8)7-1-4-12(16)10(5-7)13(17)18;1-6(10)9-7-2-4-8(11)5-3-7/h1-6,16H,(H,17,18);2-5,11H,1H3,(H,9,10). The fourth-order valence-electron chi connectivity index (χ4n) is 2.35. The van der Waals surface area contributed by atoms with Crippen molar-refractivity contribution in [2.45, 2.75) is 6.92 Å². The van der Waals surface area contributed by atoms with Crippen LogP contribution >= 0.6 is 0 Å². The molecule has 0 fully saturated rings. The molecule has 0 aliphatic carbocycles. The second-order valence-corrected chi connectivity index (χ2v) is 5.89. The van der Waals surface area contributed by atoms with Crippen molar-refractivity contribution in [3.8, 4) is 22.6 Å². The van der Waals surface area contributed by atoms with Gasteiger partial charge in [-0.2, -0.15) is 0 Å². The zero-order chi connectivity index (χ0) is 21.6. The van der Waals surface area contributed by atoms with Crippen molar-refractivity contribution in [2.75, 3.05) is 5.32 Å². The number of carboxylic acid groups (broad SMARTS) is 1. The molecule has 150 valence electrons. The minimum absolute atomic E-state index is 0.0684. The van der Waals surface area contributed by atoms with Crippen molar-refractivity contribution >= 4 is 17.6 Å². The zero-order valence-corrected chi connectivity index (χ0v) is 15.2. The number of benzene rings is 3. The maximum atomic E-state index is 13.5. The number of phenols is 2. The molecule has 0 atom stereocenters. The van der Waals surface area contributed by atoms with Crippen molar-refractivity contribution in [1.29, 1.82) is 0 Å². The van der Waals surface area contributed by atoms with E-state index in [0.29, 0.717) is 11.8 Å². The van der Waals surface area contributed by atoms with E-state index in [9.17, 15) is 23.5 Å². The SMILES string of the molecule is CC(=O)Nc1ccc(O)cc1.O=C(O)c1cc(-c2ccc(F)cc2F)ccc1O. The third kappa shape index (κ3) is 6.03. The molecule has 0 aromatic heterocycles. The molecule has 6 nitrogen and oxygen atoms in total. The first kappa shape index (κ1) is 21.4. The molecule has 3 aromatic rings. The van der Waals surface area contributed by atoms with Gasteiger partial charge < -0.3 is 20.6 Å². The maximum Gasteiger partial charge on any atom is 0.339 e. The molecule has 0 aliphatic rings. The van der Waals surface area contributed by atoms with Gasteiger partial charge in [-0.15, -0.1) is 0 Å². The van der Waals surface area contributed by atoms with Crippen LogP contribution in [0.25, 0.3) is 11.1 Å². The van der Waals surface area contributed by atoms with E-state index in [2.05, 4.69) is 5.32 Å². The Labute approximate surface area is 164 Å². The molecule has 0 spiro atoms. The van der Waals surface area contributed by atoms with Crippen LogP contribution in [0.3, 0.4) is 0 Å². The number of rotatable bonds is 3. The Hall–Kier alpha value is -3.94. The summed E-state index contributed by atoms with van der Waals surface area (Å²) in [6.07, 6.45) is 0. The van der Waals surface area contributed by atoms with Crippen molar-refractivity contribution in [3.63, 3.8) is 0 Å². The lowest BCUT2D eigenvalue weighted by molar-refractivity contribution is -0.114. The highest BCUT2D eigenvalue weighted by Gasteiger charge is 2.13. The number of phenolic OH excluding ortho intramolecular Hbond substituents is 1. The maximum absolute atomic E-state index is 13.5. The van der Waals surface area contributed by atoms with Gasteiger partial charge in [-0.1, -0.05) is 6.07 Å². The predicted octanol–water partition coefficient (Wildman–Crippen LogP) is 4.39. The highest BCUT2D eigenvalue weighted by molar-refractivity contribution is 5.92. The van der Waals surface area contributed by atoms with Crippen molar-refractivity contribution in [2.24, 2.45) is 0 Å². The molecule has 0 aliphatic heterocycles. The van der Waals surface area contributed by atoms with Crippen LogP contribution in [-0.4, -0.2) is 27.2 Å². The summed E-state index contributed by atoms with van der Waals surface area (Å²) in [6.45, 7) is 1.44. The fraction of sp³-hybridized carbons (Fsp3) is 0.0476. The Bertz CT molecular complexity index is 1040. The van der Waals surface area contributed by atoms with Gasteiger partial charge >= 0.3 is 5.97 Å². The largest absolute Gasteiger partial charge is 0.508 e. The van der Waals surface area contributed by atoms with E-state index in [1.807, 2.05) is 0 Å².